The van der Waals surface area contributed by atoms with E-state index in [0.717, 1.165) is 0 Å². The smallest absolute Gasteiger partial charge is 0.335 e. The van der Waals surface area contributed by atoms with Gasteiger partial charge < -0.3 is 5.11 Å². The molecule has 1 N–H and O–H groups in total. The van der Waals surface area contributed by atoms with Gasteiger partial charge in [-0.05, 0) is 6.07 Å². The van der Waals surface area contributed by atoms with Crippen molar-refractivity contribution < 1.29 is 9.90 Å². The first kappa shape index (κ1) is 11.4. The van der Waals surface area contributed by atoms with E-state index in [1.165, 1.54) is 6.07 Å². The fourth-order valence-corrected chi connectivity index (χ4v) is 1.58. The zero-order valence-corrected chi connectivity index (χ0v) is 9.33. The maximum Gasteiger partial charge on any atom is 0.335 e. The normalized spacial score (nSPS) is 9.93. The van der Waals surface area contributed by atoms with Crippen LogP contribution in [0.1, 0.15) is 5.56 Å². The molecule has 0 saturated carbocycles. The van der Waals surface area contributed by atoms with Gasteiger partial charge in [0.25, 0.3) is 0 Å². The van der Waals surface area contributed by atoms with E-state index in [0.29, 0.717) is 10.5 Å². The summed E-state index contributed by atoms with van der Waals surface area (Å²) in [5, 5.41) is 9.09. The van der Waals surface area contributed by atoms with Gasteiger partial charge in [0, 0.05) is 10.5 Å². The van der Waals surface area contributed by atoms with E-state index in [1.807, 2.05) is 0 Å². The number of carboxylic acids is 1. The molecule has 0 aliphatic carbocycles. The molecule has 74 valence electrons. The highest BCUT2D eigenvalue weighted by Crippen LogP contribution is 2.34. The van der Waals surface area contributed by atoms with Crippen molar-refractivity contribution >= 4 is 47.4 Å². The van der Waals surface area contributed by atoms with Crippen molar-refractivity contribution in [1.82, 2.24) is 0 Å². The van der Waals surface area contributed by atoms with E-state index in [1.54, 1.807) is 6.07 Å². The largest absolute Gasteiger partial charge is 0.478 e. The first-order valence-electron chi connectivity index (χ1n) is 3.54. The Morgan fingerprint density at radius 2 is 1.93 bits per heavy atom. The molecule has 0 aliphatic heterocycles. The van der Waals surface area contributed by atoms with E-state index < -0.39 is 5.97 Å². The lowest BCUT2D eigenvalue weighted by Crippen LogP contribution is -1.98. The van der Waals surface area contributed by atoms with Crippen LogP contribution in [0.25, 0.3) is 5.57 Å². The van der Waals surface area contributed by atoms with Gasteiger partial charge in [0.05, 0.1) is 15.6 Å². The molecule has 14 heavy (non-hydrogen) atoms. The molecule has 0 unspecified atom stereocenters. The van der Waals surface area contributed by atoms with E-state index in [2.05, 4.69) is 19.2 Å². The third-order valence-corrected chi connectivity index (χ3v) is 3.03. The molecule has 1 aromatic carbocycles. The Hall–Kier alpha value is -0.640. The van der Waals surface area contributed by atoms with Crippen molar-refractivity contribution in [3.63, 3.8) is 0 Å². The lowest BCUT2D eigenvalue weighted by atomic mass is 10.1. The van der Waals surface area contributed by atoms with Crippen molar-refractivity contribution in [2.75, 3.05) is 0 Å². The number of benzene rings is 1. The second-order valence-electron chi connectivity index (χ2n) is 2.54. The number of thiol groups is 1. The van der Waals surface area contributed by atoms with Crippen LogP contribution in [0.2, 0.25) is 10.0 Å². The number of hydrogen-bond donors (Lipinski definition) is 2. The molecule has 0 fully saturated rings. The molecule has 0 spiro atoms. The zero-order chi connectivity index (χ0) is 10.9. The third kappa shape index (κ3) is 2.05. The minimum Gasteiger partial charge on any atom is -0.478 e. The molecular weight excluding hydrogens is 243 g/mol. The molecule has 0 aromatic heterocycles. The summed E-state index contributed by atoms with van der Waals surface area (Å²) in [7, 11) is 0. The molecular formula is C9H6Cl2O2S. The summed E-state index contributed by atoms with van der Waals surface area (Å²) >= 11 is 15.7. The quantitative estimate of drug-likeness (QED) is 0.622. The number of carbonyl (C=O) groups is 1. The van der Waals surface area contributed by atoms with Gasteiger partial charge in [0.2, 0.25) is 0 Å². The Morgan fingerprint density at radius 1 is 1.36 bits per heavy atom. The Balaban J connectivity index is 3.31. The fourth-order valence-electron chi connectivity index (χ4n) is 0.888. The second-order valence-corrected chi connectivity index (χ2v) is 3.78. The van der Waals surface area contributed by atoms with Gasteiger partial charge in [0.1, 0.15) is 0 Å². The highest BCUT2D eigenvalue weighted by Gasteiger charge is 2.14. The first-order valence-corrected chi connectivity index (χ1v) is 4.75. The van der Waals surface area contributed by atoms with Crippen LogP contribution in [-0.2, 0) is 4.79 Å². The van der Waals surface area contributed by atoms with Crippen LogP contribution in [0.4, 0.5) is 0 Å². The van der Waals surface area contributed by atoms with Gasteiger partial charge in [-0.2, -0.15) is 0 Å². The predicted octanol–water partition coefficient (Wildman–Crippen LogP) is 3.38. The number of aliphatic carboxylic acids is 1. The zero-order valence-electron chi connectivity index (χ0n) is 6.92. The van der Waals surface area contributed by atoms with Crippen LogP contribution >= 0.6 is 35.8 Å². The van der Waals surface area contributed by atoms with Gasteiger partial charge in [-0.25, -0.2) is 4.79 Å². The average Bonchev–Trinajstić information content (AvgIpc) is 2.13. The Bertz CT molecular complexity index is 416. The molecule has 0 saturated heterocycles. The van der Waals surface area contributed by atoms with Gasteiger partial charge in [0.15, 0.2) is 0 Å². The number of rotatable bonds is 2. The van der Waals surface area contributed by atoms with Crippen LogP contribution in [0, 0.1) is 0 Å². The number of carboxylic acid groups (broad SMARTS) is 1. The minimum atomic E-state index is -1.13. The maximum absolute atomic E-state index is 10.6. The van der Waals surface area contributed by atoms with E-state index in [-0.39, 0.29) is 15.6 Å². The van der Waals surface area contributed by atoms with Crippen LogP contribution in [0.3, 0.4) is 0 Å². The van der Waals surface area contributed by atoms with Crippen molar-refractivity contribution in [3.05, 3.63) is 34.3 Å². The summed E-state index contributed by atoms with van der Waals surface area (Å²) in [4.78, 5) is 11.1. The lowest BCUT2D eigenvalue weighted by molar-refractivity contribution is -0.130. The second kappa shape index (κ2) is 4.26. The summed E-state index contributed by atoms with van der Waals surface area (Å²) in [5.41, 5.74) is 0.215. The van der Waals surface area contributed by atoms with Crippen molar-refractivity contribution in [2.24, 2.45) is 0 Å². The van der Waals surface area contributed by atoms with E-state index in [9.17, 15) is 4.79 Å². The van der Waals surface area contributed by atoms with Crippen LogP contribution in [0.15, 0.2) is 23.6 Å². The van der Waals surface area contributed by atoms with E-state index in [4.69, 9.17) is 28.3 Å². The molecule has 0 bridgehead atoms. The molecule has 0 atom stereocenters. The minimum absolute atomic E-state index is 0.0924. The van der Waals surface area contributed by atoms with Gasteiger partial charge in [-0.3, -0.25) is 0 Å². The number of halogens is 2. The van der Waals surface area contributed by atoms with Crippen molar-refractivity contribution in [1.29, 1.82) is 0 Å². The lowest BCUT2D eigenvalue weighted by Gasteiger charge is -2.06. The standard InChI is InChI=1S/C9H6Cl2O2S/c1-4(9(12)13)5-2-3-6(14)8(11)7(5)10/h2-3,14H,1H2,(H,12,13). The van der Waals surface area contributed by atoms with Crippen molar-refractivity contribution in [2.45, 2.75) is 4.90 Å². The van der Waals surface area contributed by atoms with Crippen LogP contribution in [0.5, 0.6) is 0 Å². The summed E-state index contributed by atoms with van der Waals surface area (Å²) in [6, 6.07) is 3.09. The molecule has 0 radical (unpaired) electrons. The van der Waals surface area contributed by atoms with Gasteiger partial charge >= 0.3 is 5.97 Å². The molecule has 1 rings (SSSR count). The Morgan fingerprint density at radius 3 is 2.43 bits per heavy atom. The van der Waals surface area contributed by atoms with Crippen LogP contribution < -0.4 is 0 Å². The van der Waals surface area contributed by atoms with Gasteiger partial charge in [-0.15, -0.1) is 12.6 Å². The molecule has 1 aromatic rings. The predicted molar refractivity (Wildman–Crippen MR) is 60.4 cm³/mol. The summed E-state index contributed by atoms with van der Waals surface area (Å²) < 4.78 is 0. The summed E-state index contributed by atoms with van der Waals surface area (Å²) in [5.74, 6) is -1.13. The first-order chi connectivity index (χ1) is 6.45. The molecule has 2 nitrogen and oxygen atoms in total. The Kier molecular flexibility index (Phi) is 3.48. The molecule has 0 heterocycles. The molecule has 5 heteroatoms. The monoisotopic (exact) mass is 248 g/mol. The average molecular weight is 249 g/mol. The topological polar surface area (TPSA) is 37.3 Å². The fraction of sp³-hybridized carbons (Fsp3) is 0. The highest BCUT2D eigenvalue weighted by atomic mass is 35.5. The summed E-state index contributed by atoms with van der Waals surface area (Å²) in [6.45, 7) is 3.39. The van der Waals surface area contributed by atoms with Crippen molar-refractivity contribution in [3.8, 4) is 0 Å². The molecule has 0 aliphatic rings. The highest BCUT2D eigenvalue weighted by molar-refractivity contribution is 7.80. The Labute approximate surface area is 96.6 Å². The van der Waals surface area contributed by atoms with Gasteiger partial charge in [-0.1, -0.05) is 35.8 Å². The maximum atomic E-state index is 10.6. The van der Waals surface area contributed by atoms with Crippen LogP contribution in [-0.4, -0.2) is 11.1 Å². The SMILES string of the molecule is C=C(C(=O)O)c1ccc(S)c(Cl)c1Cl. The number of hydrogen-bond acceptors (Lipinski definition) is 2. The summed E-state index contributed by atoms with van der Waals surface area (Å²) in [6.07, 6.45) is 0. The van der Waals surface area contributed by atoms with E-state index >= 15 is 0 Å². The third-order valence-electron chi connectivity index (χ3n) is 1.65. The molecule has 0 amide bonds.